The lowest BCUT2D eigenvalue weighted by Crippen LogP contribution is -2.26. The van der Waals surface area contributed by atoms with Crippen molar-refractivity contribution in [3.63, 3.8) is 0 Å². The molecule has 0 aliphatic rings. The molecule has 25 heavy (non-hydrogen) atoms. The van der Waals surface area contributed by atoms with E-state index in [0.717, 1.165) is 45.2 Å². The summed E-state index contributed by atoms with van der Waals surface area (Å²) in [6, 6.07) is 14.1. The molecule has 4 heteroatoms. The van der Waals surface area contributed by atoms with E-state index in [1.165, 1.54) is 19.3 Å². The molecular weight excluding hydrogens is 378 g/mol. The van der Waals surface area contributed by atoms with Gasteiger partial charge in [-0.1, -0.05) is 54.2 Å². The van der Waals surface area contributed by atoms with Crippen LogP contribution in [0.15, 0.2) is 57.6 Å². The van der Waals surface area contributed by atoms with Crippen molar-refractivity contribution in [1.29, 1.82) is 0 Å². The first-order chi connectivity index (χ1) is 12.2. The largest absolute Gasteiger partial charge is 0.475 e. The maximum absolute atomic E-state index is 6.09. The van der Waals surface area contributed by atoms with E-state index < -0.39 is 0 Å². The normalized spacial score (nSPS) is 12.4. The highest BCUT2D eigenvalue weighted by atomic mass is 79.9. The first kappa shape index (κ1) is 18.0. The molecule has 132 valence electrons. The van der Waals surface area contributed by atoms with E-state index in [2.05, 4.69) is 35.0 Å². The van der Waals surface area contributed by atoms with Gasteiger partial charge in [-0.3, -0.25) is 5.73 Å². The van der Waals surface area contributed by atoms with Crippen LogP contribution in [0.1, 0.15) is 39.0 Å². The molecule has 0 amide bonds. The Bertz CT molecular complexity index is 810. The van der Waals surface area contributed by atoms with E-state index >= 15 is 0 Å². The topological polar surface area (TPSA) is 48.4 Å². The molecule has 2 aromatic carbocycles. The maximum Gasteiger partial charge on any atom is 0.147 e. The van der Waals surface area contributed by atoms with Gasteiger partial charge < -0.3 is 9.15 Å². The van der Waals surface area contributed by atoms with Gasteiger partial charge in [0.25, 0.3) is 0 Å². The van der Waals surface area contributed by atoms with Crippen LogP contribution < -0.4 is 10.5 Å². The number of ether oxygens (including phenoxy) is 1. The van der Waals surface area contributed by atoms with Gasteiger partial charge in [-0.05, 0) is 42.7 Å². The van der Waals surface area contributed by atoms with Crippen molar-refractivity contribution in [3.05, 3.63) is 53.2 Å². The summed E-state index contributed by atoms with van der Waals surface area (Å²) in [5.74, 6) is 0.757. The van der Waals surface area contributed by atoms with Gasteiger partial charge in [-0.2, -0.15) is 0 Å². The monoisotopic (exact) mass is 401 g/mol. The highest BCUT2D eigenvalue weighted by Crippen LogP contribution is 2.33. The molecule has 3 aromatic rings. The minimum absolute atomic E-state index is 0.268. The van der Waals surface area contributed by atoms with Crippen LogP contribution in [0.25, 0.3) is 22.1 Å². The molecule has 0 spiro atoms. The summed E-state index contributed by atoms with van der Waals surface area (Å²) in [6.07, 6.45) is 7.20. The van der Waals surface area contributed by atoms with Gasteiger partial charge in [0.2, 0.25) is 0 Å². The second kappa shape index (κ2) is 8.54. The lowest BCUT2D eigenvalue weighted by atomic mass is 10.1. The Morgan fingerprint density at radius 3 is 2.64 bits per heavy atom. The predicted molar refractivity (Wildman–Crippen MR) is 107 cm³/mol. The van der Waals surface area contributed by atoms with Gasteiger partial charge in [0.05, 0.1) is 6.26 Å². The Hall–Kier alpha value is -1.78. The fourth-order valence-electron chi connectivity index (χ4n) is 2.94. The quantitative estimate of drug-likeness (QED) is 0.346. The SMILES string of the molecule is CCCCCCC(N)Oc1ccc2c(-c3ccc(Br)cc3)coc2c1. The summed E-state index contributed by atoms with van der Waals surface area (Å²) >= 11 is 3.47. The number of fused-ring (bicyclic) bond motifs is 1. The van der Waals surface area contributed by atoms with Crippen molar-refractivity contribution in [2.75, 3.05) is 0 Å². The number of hydrogen-bond acceptors (Lipinski definition) is 3. The van der Waals surface area contributed by atoms with E-state index in [1.54, 1.807) is 6.26 Å². The van der Waals surface area contributed by atoms with Crippen LogP contribution >= 0.6 is 15.9 Å². The Morgan fingerprint density at radius 1 is 1.08 bits per heavy atom. The Morgan fingerprint density at radius 2 is 1.88 bits per heavy atom. The lowest BCUT2D eigenvalue weighted by molar-refractivity contribution is 0.194. The van der Waals surface area contributed by atoms with Crippen molar-refractivity contribution in [1.82, 2.24) is 0 Å². The molecule has 3 rings (SSSR count). The summed E-state index contributed by atoms with van der Waals surface area (Å²) in [5.41, 5.74) is 9.11. The second-order valence-electron chi connectivity index (χ2n) is 6.32. The molecule has 0 radical (unpaired) electrons. The van der Waals surface area contributed by atoms with Gasteiger partial charge in [-0.25, -0.2) is 0 Å². The summed E-state index contributed by atoms with van der Waals surface area (Å²) in [7, 11) is 0. The van der Waals surface area contributed by atoms with Crippen molar-refractivity contribution in [3.8, 4) is 16.9 Å². The van der Waals surface area contributed by atoms with Crippen molar-refractivity contribution in [2.24, 2.45) is 5.73 Å². The maximum atomic E-state index is 6.09. The molecule has 0 bridgehead atoms. The van der Waals surface area contributed by atoms with Crippen LogP contribution in [0.2, 0.25) is 0 Å². The zero-order chi connectivity index (χ0) is 17.6. The number of unbranched alkanes of at least 4 members (excludes halogenated alkanes) is 3. The third-order valence-corrected chi connectivity index (χ3v) is 4.86. The van der Waals surface area contributed by atoms with Gasteiger partial charge in [0.15, 0.2) is 0 Å². The van der Waals surface area contributed by atoms with Gasteiger partial charge >= 0.3 is 0 Å². The molecule has 2 N–H and O–H groups in total. The first-order valence-electron chi connectivity index (χ1n) is 8.87. The van der Waals surface area contributed by atoms with Crippen LogP contribution in [0.4, 0.5) is 0 Å². The molecule has 0 saturated heterocycles. The number of nitrogens with two attached hydrogens (primary N) is 1. The van der Waals surface area contributed by atoms with E-state index in [-0.39, 0.29) is 6.23 Å². The van der Waals surface area contributed by atoms with Gasteiger partial charge in [0, 0.05) is 21.5 Å². The van der Waals surface area contributed by atoms with Crippen molar-refractivity contribution in [2.45, 2.75) is 45.3 Å². The zero-order valence-corrected chi connectivity index (χ0v) is 16.1. The Balaban J connectivity index is 1.70. The fraction of sp³-hybridized carbons (Fsp3) is 0.333. The molecule has 1 unspecified atom stereocenters. The average molecular weight is 402 g/mol. The molecule has 1 heterocycles. The van der Waals surface area contributed by atoms with Crippen molar-refractivity contribution >= 4 is 26.9 Å². The molecule has 0 fully saturated rings. The molecular formula is C21H24BrNO2. The summed E-state index contributed by atoms with van der Waals surface area (Å²) < 4.78 is 12.6. The average Bonchev–Trinajstić information content (AvgIpc) is 3.03. The Labute approximate surface area is 157 Å². The third-order valence-electron chi connectivity index (χ3n) is 4.33. The fourth-order valence-corrected chi connectivity index (χ4v) is 3.21. The number of rotatable bonds is 8. The summed E-state index contributed by atoms with van der Waals surface area (Å²) in [5, 5.41) is 1.08. The van der Waals surface area contributed by atoms with Crippen LogP contribution in [0.3, 0.4) is 0 Å². The first-order valence-corrected chi connectivity index (χ1v) is 9.66. The van der Waals surface area contributed by atoms with E-state index in [9.17, 15) is 0 Å². The highest BCUT2D eigenvalue weighted by molar-refractivity contribution is 9.10. The van der Waals surface area contributed by atoms with Crippen LogP contribution in [0, 0.1) is 0 Å². The predicted octanol–water partition coefficient (Wildman–Crippen LogP) is 6.50. The molecule has 0 aliphatic heterocycles. The summed E-state index contributed by atoms with van der Waals surface area (Å²) in [4.78, 5) is 0. The smallest absolute Gasteiger partial charge is 0.147 e. The second-order valence-corrected chi connectivity index (χ2v) is 7.24. The number of hydrogen-bond donors (Lipinski definition) is 1. The standard InChI is InChI=1S/C21H24BrNO2/c1-2-3-4-5-6-21(23)25-17-11-12-18-19(14-24-20(18)13-17)15-7-9-16(22)10-8-15/h7-14,21H,2-6,23H2,1H3. The summed E-state index contributed by atoms with van der Waals surface area (Å²) in [6.45, 7) is 2.21. The van der Waals surface area contributed by atoms with Crippen LogP contribution in [-0.2, 0) is 0 Å². The molecule has 0 saturated carbocycles. The van der Waals surface area contributed by atoms with Gasteiger partial charge in [-0.15, -0.1) is 0 Å². The number of benzene rings is 2. The lowest BCUT2D eigenvalue weighted by Gasteiger charge is -2.14. The van der Waals surface area contributed by atoms with E-state index in [4.69, 9.17) is 14.9 Å². The number of halogens is 1. The molecule has 3 nitrogen and oxygen atoms in total. The third kappa shape index (κ3) is 4.65. The van der Waals surface area contributed by atoms with E-state index in [0.29, 0.717) is 0 Å². The number of furan rings is 1. The minimum Gasteiger partial charge on any atom is -0.475 e. The van der Waals surface area contributed by atoms with Gasteiger partial charge in [0.1, 0.15) is 17.6 Å². The Kier molecular flexibility index (Phi) is 6.16. The van der Waals surface area contributed by atoms with Crippen molar-refractivity contribution < 1.29 is 9.15 Å². The van der Waals surface area contributed by atoms with Crippen LogP contribution in [-0.4, -0.2) is 6.23 Å². The molecule has 0 aliphatic carbocycles. The minimum atomic E-state index is -0.268. The molecule has 1 atom stereocenters. The highest BCUT2D eigenvalue weighted by Gasteiger charge is 2.11. The molecule has 1 aromatic heterocycles. The zero-order valence-electron chi connectivity index (χ0n) is 14.5. The van der Waals surface area contributed by atoms with Crippen LogP contribution in [0.5, 0.6) is 5.75 Å². The van der Waals surface area contributed by atoms with E-state index in [1.807, 2.05) is 30.3 Å².